The van der Waals surface area contributed by atoms with Crippen LogP contribution in [0.5, 0.6) is 5.75 Å². The number of hydrogen-bond acceptors (Lipinski definition) is 4. The van der Waals surface area contributed by atoms with Gasteiger partial charge in [-0.15, -0.1) is 0 Å². The molecule has 0 spiro atoms. The number of carbonyl (C=O) groups excluding carboxylic acids is 2. The zero-order valence-electron chi connectivity index (χ0n) is 10.9. The molecule has 0 saturated heterocycles. The van der Waals surface area contributed by atoms with Crippen molar-refractivity contribution in [3.8, 4) is 5.75 Å². The van der Waals surface area contributed by atoms with Crippen LogP contribution in [0.1, 0.15) is 13.8 Å². The topological polar surface area (TPSA) is 64.6 Å². The molecule has 1 aromatic rings. The van der Waals surface area contributed by atoms with E-state index in [2.05, 4.69) is 5.32 Å². The first-order chi connectivity index (χ1) is 9.42. The molecule has 0 aliphatic rings. The summed E-state index contributed by atoms with van der Waals surface area (Å²) >= 11 is 11.5. The number of nitrogens with one attached hydrogen (secondary N) is 1. The molecule has 1 amide bonds. The molecule has 5 nitrogen and oxygen atoms in total. The van der Waals surface area contributed by atoms with Crippen molar-refractivity contribution in [3.05, 3.63) is 40.0 Å². The zero-order chi connectivity index (χ0) is 15.1. The van der Waals surface area contributed by atoms with Crippen LogP contribution in [0.2, 0.25) is 10.0 Å². The molecule has 7 heteroatoms. The van der Waals surface area contributed by atoms with Crippen LogP contribution in [0.15, 0.2) is 30.0 Å². The Kier molecular flexibility index (Phi) is 6.35. The summed E-state index contributed by atoms with van der Waals surface area (Å²) in [6.45, 7) is 3.48. The maximum atomic E-state index is 11.6. The Morgan fingerprint density at radius 3 is 2.60 bits per heavy atom. The van der Waals surface area contributed by atoms with E-state index in [1.807, 2.05) is 0 Å². The predicted molar refractivity (Wildman–Crippen MR) is 76.0 cm³/mol. The first-order valence-electron chi connectivity index (χ1n) is 5.71. The maximum Gasteiger partial charge on any atom is 0.416 e. The predicted octanol–water partition coefficient (Wildman–Crippen LogP) is 3.55. The van der Waals surface area contributed by atoms with Crippen LogP contribution >= 0.6 is 23.2 Å². The lowest BCUT2D eigenvalue weighted by Gasteiger charge is -2.07. The van der Waals surface area contributed by atoms with Crippen molar-refractivity contribution in [3.63, 3.8) is 0 Å². The van der Waals surface area contributed by atoms with Crippen LogP contribution in [-0.4, -0.2) is 18.7 Å². The average molecular weight is 318 g/mol. The summed E-state index contributed by atoms with van der Waals surface area (Å²) in [5.74, 6) is -0.305. The van der Waals surface area contributed by atoms with Gasteiger partial charge < -0.3 is 9.47 Å². The van der Waals surface area contributed by atoms with Gasteiger partial charge in [0.2, 0.25) is 0 Å². The highest BCUT2D eigenvalue weighted by molar-refractivity contribution is 6.42. The molecule has 20 heavy (non-hydrogen) atoms. The molecule has 0 fully saturated rings. The Hall–Kier alpha value is -1.72. The van der Waals surface area contributed by atoms with E-state index in [0.29, 0.717) is 10.7 Å². The van der Waals surface area contributed by atoms with E-state index in [0.717, 1.165) is 6.08 Å². The highest BCUT2D eigenvalue weighted by Crippen LogP contribution is 2.26. The fraction of sp³-hybridized carbons (Fsp3) is 0.231. The van der Waals surface area contributed by atoms with Crippen molar-refractivity contribution in [1.82, 2.24) is 5.32 Å². The van der Waals surface area contributed by atoms with Gasteiger partial charge in [0, 0.05) is 17.8 Å². The van der Waals surface area contributed by atoms with Gasteiger partial charge in [0.25, 0.3) is 0 Å². The van der Waals surface area contributed by atoms with Gasteiger partial charge in [-0.3, -0.25) is 5.32 Å². The SMILES string of the molecule is CCOC(=O)/C=C(/C)NC(=O)Oc1ccc(Cl)c(Cl)c1. The fourth-order valence-corrected chi connectivity index (χ4v) is 1.52. The first kappa shape index (κ1) is 16.3. The third-order valence-corrected chi connectivity index (χ3v) is 2.76. The van der Waals surface area contributed by atoms with Crippen molar-refractivity contribution in [1.29, 1.82) is 0 Å². The third-order valence-electron chi connectivity index (χ3n) is 2.02. The van der Waals surface area contributed by atoms with Gasteiger partial charge in [-0.05, 0) is 26.0 Å². The standard InChI is InChI=1S/C13H13Cl2NO4/c1-3-19-12(17)6-8(2)16-13(18)20-9-4-5-10(14)11(15)7-9/h4-7H,3H2,1-2H3,(H,16,18)/b8-6-. The molecule has 1 aromatic carbocycles. The molecule has 0 bridgehead atoms. The van der Waals surface area contributed by atoms with E-state index in [4.69, 9.17) is 32.7 Å². The summed E-state index contributed by atoms with van der Waals surface area (Å²) < 4.78 is 9.68. The Bertz CT molecular complexity index is 543. The summed E-state index contributed by atoms with van der Waals surface area (Å²) in [6, 6.07) is 4.42. The lowest BCUT2D eigenvalue weighted by Crippen LogP contribution is -2.25. The maximum absolute atomic E-state index is 11.6. The molecule has 0 atom stereocenters. The molecule has 0 heterocycles. The van der Waals surface area contributed by atoms with E-state index in [1.165, 1.54) is 25.1 Å². The normalized spacial score (nSPS) is 10.9. The van der Waals surface area contributed by atoms with Gasteiger partial charge >= 0.3 is 12.1 Å². The van der Waals surface area contributed by atoms with E-state index >= 15 is 0 Å². The highest BCUT2D eigenvalue weighted by Gasteiger charge is 2.08. The van der Waals surface area contributed by atoms with Crippen LogP contribution in [-0.2, 0) is 9.53 Å². The zero-order valence-corrected chi connectivity index (χ0v) is 12.4. The van der Waals surface area contributed by atoms with Gasteiger partial charge in [-0.25, -0.2) is 9.59 Å². The van der Waals surface area contributed by atoms with Crippen molar-refractivity contribution in [2.45, 2.75) is 13.8 Å². The molecule has 0 saturated carbocycles. The smallest absolute Gasteiger partial charge is 0.416 e. The summed E-state index contributed by atoms with van der Waals surface area (Å²) in [6.07, 6.45) is 0.404. The molecule has 0 aromatic heterocycles. The van der Waals surface area contributed by atoms with E-state index < -0.39 is 12.1 Å². The molecule has 1 N–H and O–H groups in total. The Labute approximate surface area is 126 Å². The molecule has 0 unspecified atom stereocenters. The van der Waals surface area contributed by atoms with E-state index in [1.54, 1.807) is 6.92 Å². The van der Waals surface area contributed by atoms with Crippen LogP contribution < -0.4 is 10.1 Å². The minimum atomic E-state index is -0.749. The molecular formula is C13H13Cl2NO4. The summed E-state index contributed by atoms with van der Waals surface area (Å²) in [7, 11) is 0. The second-order valence-electron chi connectivity index (χ2n) is 3.67. The number of hydrogen-bond donors (Lipinski definition) is 1. The largest absolute Gasteiger partial charge is 0.463 e. The number of halogens is 2. The van der Waals surface area contributed by atoms with Crippen LogP contribution in [0, 0.1) is 0 Å². The summed E-state index contributed by atoms with van der Waals surface area (Å²) in [5.41, 5.74) is 0.300. The van der Waals surface area contributed by atoms with Crippen molar-refractivity contribution < 1.29 is 19.1 Å². The number of rotatable bonds is 4. The molecule has 0 radical (unpaired) electrons. The third kappa shape index (κ3) is 5.50. The Balaban J connectivity index is 2.59. The second-order valence-corrected chi connectivity index (χ2v) is 4.48. The van der Waals surface area contributed by atoms with E-state index in [9.17, 15) is 9.59 Å². The molecule has 1 rings (SSSR count). The van der Waals surface area contributed by atoms with Crippen LogP contribution in [0.25, 0.3) is 0 Å². The lowest BCUT2D eigenvalue weighted by molar-refractivity contribution is -0.137. The van der Waals surface area contributed by atoms with Gasteiger partial charge in [-0.1, -0.05) is 23.2 Å². The average Bonchev–Trinajstić information content (AvgIpc) is 2.33. The number of benzene rings is 1. The molecule has 108 valence electrons. The minimum absolute atomic E-state index is 0.237. The Morgan fingerprint density at radius 1 is 1.30 bits per heavy atom. The van der Waals surface area contributed by atoms with Crippen molar-refractivity contribution in [2.75, 3.05) is 6.61 Å². The first-order valence-corrected chi connectivity index (χ1v) is 6.47. The number of amides is 1. The minimum Gasteiger partial charge on any atom is -0.463 e. The second kappa shape index (κ2) is 7.77. The van der Waals surface area contributed by atoms with E-state index in [-0.39, 0.29) is 17.4 Å². The molecule has 0 aliphatic carbocycles. The lowest BCUT2D eigenvalue weighted by atomic mass is 10.3. The number of carbonyl (C=O) groups is 2. The van der Waals surface area contributed by atoms with Crippen LogP contribution in [0.4, 0.5) is 4.79 Å². The molecular weight excluding hydrogens is 305 g/mol. The Morgan fingerprint density at radius 2 is 2.00 bits per heavy atom. The van der Waals surface area contributed by atoms with Gasteiger partial charge in [0.1, 0.15) is 5.75 Å². The monoisotopic (exact) mass is 317 g/mol. The highest BCUT2D eigenvalue weighted by atomic mass is 35.5. The fourth-order valence-electron chi connectivity index (χ4n) is 1.23. The van der Waals surface area contributed by atoms with Crippen molar-refractivity contribution >= 4 is 35.3 Å². The number of esters is 1. The van der Waals surface area contributed by atoms with Gasteiger partial charge in [0.05, 0.1) is 16.7 Å². The summed E-state index contributed by atoms with van der Waals surface area (Å²) in [4.78, 5) is 22.7. The number of allylic oxidation sites excluding steroid dienone is 1. The molecule has 0 aliphatic heterocycles. The summed E-state index contributed by atoms with van der Waals surface area (Å²) in [5, 5.41) is 3.01. The number of ether oxygens (including phenoxy) is 2. The quantitative estimate of drug-likeness (QED) is 0.681. The van der Waals surface area contributed by atoms with Crippen molar-refractivity contribution in [2.24, 2.45) is 0 Å². The van der Waals surface area contributed by atoms with Crippen LogP contribution in [0.3, 0.4) is 0 Å². The van der Waals surface area contributed by atoms with Gasteiger partial charge in [0.15, 0.2) is 0 Å². The van der Waals surface area contributed by atoms with Gasteiger partial charge in [-0.2, -0.15) is 0 Å².